The predicted octanol–water partition coefficient (Wildman–Crippen LogP) is 4.56. The van der Waals surface area contributed by atoms with Gasteiger partial charge in [0.25, 0.3) is 0 Å². The summed E-state index contributed by atoms with van der Waals surface area (Å²) >= 11 is 9.73. The minimum Gasteiger partial charge on any atom is -0.506 e. The molecule has 0 radical (unpaired) electrons. The van der Waals surface area contributed by atoms with Gasteiger partial charge in [-0.1, -0.05) is 17.7 Å². The van der Waals surface area contributed by atoms with Crippen molar-refractivity contribution in [2.45, 2.75) is 18.9 Å². The van der Waals surface area contributed by atoms with Gasteiger partial charge in [0.1, 0.15) is 5.75 Å². The monoisotopic (exact) mass is 430 g/mol. The van der Waals surface area contributed by atoms with Crippen LogP contribution in [0.3, 0.4) is 0 Å². The second kappa shape index (κ2) is 10.7. The molecule has 1 aromatic rings. The number of aromatic hydroxyl groups is 1. The molecule has 1 saturated heterocycles. The molecule has 2 N–H and O–H groups in total. The van der Waals surface area contributed by atoms with Crippen LogP contribution >= 0.6 is 52.3 Å². The number of hydrogen-bond acceptors (Lipinski definition) is 3. The molecule has 22 heavy (non-hydrogen) atoms. The molecule has 0 aliphatic carbocycles. The van der Waals surface area contributed by atoms with Crippen LogP contribution in [0.5, 0.6) is 5.75 Å². The van der Waals surface area contributed by atoms with Gasteiger partial charge in [0.2, 0.25) is 0 Å². The zero-order chi connectivity index (χ0) is 14.5. The average Bonchev–Trinajstić information content (AvgIpc) is 2.47. The van der Waals surface area contributed by atoms with E-state index in [4.69, 9.17) is 11.6 Å². The molecule has 0 saturated carbocycles. The Labute approximate surface area is 158 Å². The van der Waals surface area contributed by atoms with Gasteiger partial charge in [0, 0.05) is 42.8 Å². The van der Waals surface area contributed by atoms with Crippen molar-refractivity contribution < 1.29 is 5.11 Å². The number of nitrogens with zero attached hydrogens (tertiary/aromatic N) is 1. The highest BCUT2D eigenvalue weighted by atomic mass is 79.9. The fourth-order valence-corrected chi connectivity index (χ4v) is 3.28. The van der Waals surface area contributed by atoms with Gasteiger partial charge in [-0.05, 0) is 40.9 Å². The highest BCUT2D eigenvalue weighted by Gasteiger charge is 2.26. The van der Waals surface area contributed by atoms with Crippen LogP contribution < -0.4 is 5.32 Å². The largest absolute Gasteiger partial charge is 0.506 e. The van der Waals surface area contributed by atoms with E-state index in [0.717, 1.165) is 44.6 Å². The Morgan fingerprint density at radius 1 is 1.36 bits per heavy atom. The Bertz CT molecular complexity index is 482. The smallest absolute Gasteiger partial charge is 0.136 e. The first-order chi connectivity index (χ1) is 9.65. The molecule has 2 rings (SSSR count). The lowest BCUT2D eigenvalue weighted by molar-refractivity contribution is 0.163. The molecule has 1 atom stereocenters. The number of rotatable bonds is 5. The van der Waals surface area contributed by atoms with Gasteiger partial charge in [-0.25, -0.2) is 0 Å². The van der Waals surface area contributed by atoms with Crippen molar-refractivity contribution in [3.8, 4) is 5.75 Å². The van der Waals surface area contributed by atoms with Crippen molar-refractivity contribution in [3.63, 3.8) is 0 Å². The fraction of sp³-hybridized carbons (Fsp3) is 0.467. The predicted molar refractivity (Wildman–Crippen MR) is 102 cm³/mol. The minimum absolute atomic E-state index is 0. The number of phenols is 1. The maximum Gasteiger partial charge on any atom is 0.136 e. The number of benzene rings is 1. The molecule has 0 amide bonds. The van der Waals surface area contributed by atoms with Crippen LogP contribution in [0, 0.1) is 0 Å². The van der Waals surface area contributed by atoms with E-state index in [-0.39, 0.29) is 36.6 Å². The summed E-state index contributed by atoms with van der Waals surface area (Å²) in [4.78, 5) is 2.38. The van der Waals surface area contributed by atoms with Gasteiger partial charge in [0.15, 0.2) is 0 Å². The normalized spacial score (nSPS) is 16.3. The summed E-state index contributed by atoms with van der Waals surface area (Å²) in [6.07, 6.45) is 3.72. The van der Waals surface area contributed by atoms with Crippen molar-refractivity contribution >= 4 is 52.3 Å². The quantitative estimate of drug-likeness (QED) is 0.670. The van der Waals surface area contributed by atoms with Gasteiger partial charge in [-0.3, -0.25) is 4.90 Å². The molecule has 7 heteroatoms. The van der Waals surface area contributed by atoms with E-state index in [1.165, 1.54) is 0 Å². The summed E-state index contributed by atoms with van der Waals surface area (Å²) in [6, 6.07) is 3.74. The fourth-order valence-electron chi connectivity index (χ4n) is 2.65. The lowest BCUT2D eigenvalue weighted by Gasteiger charge is -2.36. The molecule has 0 unspecified atom stereocenters. The Morgan fingerprint density at radius 3 is 2.59 bits per heavy atom. The first kappa shape index (κ1) is 22.0. The molecule has 1 aliphatic rings. The first-order valence-electron chi connectivity index (χ1n) is 6.87. The molecular weight excluding hydrogens is 410 g/mol. The number of nitrogens with one attached hydrogen (secondary N) is 1. The molecule has 126 valence electrons. The lowest BCUT2D eigenvalue weighted by Crippen LogP contribution is -2.45. The second-order valence-electron chi connectivity index (χ2n) is 4.96. The van der Waals surface area contributed by atoms with Gasteiger partial charge in [-0.15, -0.1) is 31.4 Å². The van der Waals surface area contributed by atoms with Crippen molar-refractivity contribution in [2.24, 2.45) is 0 Å². The van der Waals surface area contributed by atoms with Crippen LogP contribution in [0.1, 0.15) is 24.4 Å². The molecule has 0 spiro atoms. The van der Waals surface area contributed by atoms with Crippen molar-refractivity contribution in [2.75, 3.05) is 26.2 Å². The van der Waals surface area contributed by atoms with E-state index in [1.54, 1.807) is 6.07 Å². The van der Waals surface area contributed by atoms with E-state index >= 15 is 0 Å². The van der Waals surface area contributed by atoms with Gasteiger partial charge in [0.05, 0.1) is 4.47 Å². The van der Waals surface area contributed by atoms with E-state index < -0.39 is 0 Å². The van der Waals surface area contributed by atoms with Crippen molar-refractivity contribution in [1.29, 1.82) is 0 Å². The van der Waals surface area contributed by atoms with E-state index in [9.17, 15) is 5.11 Å². The highest BCUT2D eigenvalue weighted by molar-refractivity contribution is 9.10. The minimum atomic E-state index is 0. The molecule has 1 aromatic carbocycles. The van der Waals surface area contributed by atoms with Crippen LogP contribution in [-0.2, 0) is 0 Å². The van der Waals surface area contributed by atoms with E-state index in [2.05, 4.69) is 32.7 Å². The van der Waals surface area contributed by atoms with Crippen LogP contribution in [0.4, 0.5) is 0 Å². The first-order valence-corrected chi connectivity index (χ1v) is 8.04. The summed E-state index contributed by atoms with van der Waals surface area (Å²) < 4.78 is 0.690. The molecular formula is C15H22BrCl3N2O. The third-order valence-electron chi connectivity index (χ3n) is 3.68. The number of phenolic OH excluding ortho intramolecular Hbond substituents is 1. The maximum absolute atomic E-state index is 10.4. The second-order valence-corrected chi connectivity index (χ2v) is 6.22. The maximum atomic E-state index is 10.4. The Balaban J connectivity index is 0.00000220. The van der Waals surface area contributed by atoms with E-state index in [0.29, 0.717) is 9.50 Å². The summed E-state index contributed by atoms with van der Waals surface area (Å²) in [7, 11) is 0. The zero-order valence-corrected chi connectivity index (χ0v) is 16.2. The molecule has 0 bridgehead atoms. The molecule has 0 aromatic heterocycles. The van der Waals surface area contributed by atoms with Crippen molar-refractivity contribution in [1.82, 2.24) is 10.2 Å². The lowest BCUT2D eigenvalue weighted by atomic mass is 9.98. The summed E-state index contributed by atoms with van der Waals surface area (Å²) in [5.74, 6) is 0.255. The third-order valence-corrected chi connectivity index (χ3v) is 4.65. The van der Waals surface area contributed by atoms with Crippen LogP contribution in [0.25, 0.3) is 0 Å². The average molecular weight is 433 g/mol. The Kier molecular flexibility index (Phi) is 10.8. The Morgan fingerprint density at radius 2 is 2.00 bits per heavy atom. The van der Waals surface area contributed by atoms with Crippen LogP contribution in [0.15, 0.2) is 29.3 Å². The SMILES string of the molecule is C=CCC[C@H](c1c(Cl)ccc(Br)c1O)N1CCNCC1.Cl.Cl. The summed E-state index contributed by atoms with van der Waals surface area (Å²) in [5.41, 5.74) is 0.824. The topological polar surface area (TPSA) is 35.5 Å². The van der Waals surface area contributed by atoms with Crippen LogP contribution in [0.2, 0.25) is 5.02 Å². The molecule has 1 aliphatic heterocycles. The van der Waals surface area contributed by atoms with Gasteiger partial charge >= 0.3 is 0 Å². The van der Waals surface area contributed by atoms with Gasteiger partial charge < -0.3 is 10.4 Å². The highest BCUT2D eigenvalue weighted by Crippen LogP contribution is 2.41. The standard InChI is InChI=1S/C15H20BrClN2O.2ClH/c1-2-3-4-13(19-9-7-18-8-10-19)14-12(17)6-5-11(16)15(14)20;;/h2,5-6,13,18,20H,1,3-4,7-10H2;2*1H/t13-;;/m1../s1. The molecule has 1 heterocycles. The molecule has 1 fully saturated rings. The summed E-state index contributed by atoms with van der Waals surface area (Å²) in [5, 5.41) is 14.4. The van der Waals surface area contributed by atoms with Crippen LogP contribution in [-0.4, -0.2) is 36.2 Å². The number of halogens is 4. The number of allylic oxidation sites excluding steroid dienone is 1. The molecule has 3 nitrogen and oxygen atoms in total. The Hall–Kier alpha value is 0.0300. The summed E-state index contributed by atoms with van der Waals surface area (Å²) in [6.45, 7) is 7.66. The van der Waals surface area contributed by atoms with Crippen molar-refractivity contribution in [3.05, 3.63) is 39.8 Å². The van der Waals surface area contributed by atoms with E-state index in [1.807, 2.05) is 12.1 Å². The third kappa shape index (κ3) is 5.29. The van der Waals surface area contributed by atoms with Gasteiger partial charge in [-0.2, -0.15) is 0 Å². The number of piperazine rings is 1. The number of hydrogen-bond donors (Lipinski definition) is 2. The zero-order valence-electron chi connectivity index (χ0n) is 12.2.